The Morgan fingerprint density at radius 1 is 1.33 bits per heavy atom. The molecule has 0 bridgehead atoms. The highest BCUT2D eigenvalue weighted by atomic mass is 16.4. The van der Waals surface area contributed by atoms with E-state index < -0.39 is 0 Å². The van der Waals surface area contributed by atoms with Crippen LogP contribution in [-0.4, -0.2) is 4.98 Å². The van der Waals surface area contributed by atoms with Crippen molar-refractivity contribution in [3.8, 4) is 6.07 Å². The second-order valence-electron chi connectivity index (χ2n) is 5.25. The Kier molecular flexibility index (Phi) is 1.70. The number of nitriles is 1. The average molecular weight is 205 g/mol. The van der Waals surface area contributed by atoms with Crippen LogP contribution in [0, 0.1) is 22.2 Å². The Balaban J connectivity index is 2.39. The zero-order valence-electron chi connectivity index (χ0n) is 9.46. The third-order valence-electron chi connectivity index (χ3n) is 4.04. The molecule has 1 aromatic heterocycles. The number of nitrogens with two attached hydrogens (primary N) is 1. The summed E-state index contributed by atoms with van der Waals surface area (Å²) in [6.07, 6.45) is 0. The van der Waals surface area contributed by atoms with Gasteiger partial charge < -0.3 is 10.2 Å². The Morgan fingerprint density at radius 3 is 2.20 bits per heavy atom. The molecule has 80 valence electrons. The molecule has 1 heterocycles. The van der Waals surface area contributed by atoms with Crippen LogP contribution in [0.4, 0.5) is 5.88 Å². The van der Waals surface area contributed by atoms with Crippen LogP contribution in [0.25, 0.3) is 0 Å². The number of nitrogen functional groups attached to an aromatic ring is 1. The first-order valence-electron chi connectivity index (χ1n) is 4.98. The van der Waals surface area contributed by atoms with Crippen LogP contribution >= 0.6 is 0 Å². The average Bonchev–Trinajstić information content (AvgIpc) is 2.43. The minimum absolute atomic E-state index is 0.131. The highest BCUT2D eigenvalue weighted by Crippen LogP contribution is 2.73. The molecule has 1 fully saturated rings. The lowest BCUT2D eigenvalue weighted by molar-refractivity contribution is 0.457. The summed E-state index contributed by atoms with van der Waals surface area (Å²) in [7, 11) is 0. The first kappa shape index (κ1) is 10.0. The molecule has 1 saturated carbocycles. The fourth-order valence-corrected chi connectivity index (χ4v) is 2.37. The van der Waals surface area contributed by atoms with E-state index in [-0.39, 0.29) is 28.3 Å². The summed E-state index contributed by atoms with van der Waals surface area (Å²) >= 11 is 0. The Morgan fingerprint density at radius 2 is 1.87 bits per heavy atom. The van der Waals surface area contributed by atoms with Crippen molar-refractivity contribution in [2.75, 3.05) is 5.73 Å². The molecule has 1 aromatic rings. The number of nitrogens with zero attached hydrogens (tertiary/aromatic N) is 2. The maximum atomic E-state index is 8.74. The third kappa shape index (κ3) is 1.09. The number of aromatic nitrogens is 1. The first-order chi connectivity index (χ1) is 6.82. The molecule has 1 aliphatic rings. The maximum absolute atomic E-state index is 8.74. The highest BCUT2D eigenvalue weighted by Gasteiger charge is 2.67. The predicted molar refractivity (Wildman–Crippen MR) is 55.9 cm³/mol. The molecule has 1 aliphatic carbocycles. The molecule has 2 rings (SSSR count). The van der Waals surface area contributed by atoms with E-state index in [0.29, 0.717) is 5.89 Å². The van der Waals surface area contributed by atoms with Gasteiger partial charge in [0.15, 0.2) is 0 Å². The van der Waals surface area contributed by atoms with Gasteiger partial charge >= 0.3 is 0 Å². The largest absolute Gasteiger partial charge is 0.424 e. The molecule has 4 nitrogen and oxygen atoms in total. The van der Waals surface area contributed by atoms with E-state index >= 15 is 0 Å². The Bertz CT molecular complexity index is 437. The Labute approximate surface area is 89.1 Å². The molecule has 0 radical (unpaired) electrons. The minimum Gasteiger partial charge on any atom is -0.424 e. The van der Waals surface area contributed by atoms with E-state index in [1.165, 1.54) is 0 Å². The number of rotatable bonds is 1. The summed E-state index contributed by atoms with van der Waals surface area (Å²) in [5.74, 6) is 0.972. The van der Waals surface area contributed by atoms with Gasteiger partial charge in [0.2, 0.25) is 17.5 Å². The summed E-state index contributed by atoms with van der Waals surface area (Å²) < 4.78 is 5.34. The van der Waals surface area contributed by atoms with Crippen LogP contribution in [0.15, 0.2) is 4.42 Å². The highest BCUT2D eigenvalue weighted by molar-refractivity contribution is 5.42. The zero-order valence-corrected chi connectivity index (χ0v) is 9.46. The van der Waals surface area contributed by atoms with Crippen molar-refractivity contribution >= 4 is 5.88 Å². The van der Waals surface area contributed by atoms with Gasteiger partial charge in [-0.3, -0.25) is 0 Å². The molecule has 0 spiro atoms. The zero-order chi connectivity index (χ0) is 11.4. The van der Waals surface area contributed by atoms with E-state index in [0.717, 1.165) is 0 Å². The summed E-state index contributed by atoms with van der Waals surface area (Å²) in [5, 5.41) is 8.74. The van der Waals surface area contributed by atoms with E-state index in [9.17, 15) is 0 Å². The molecule has 0 saturated heterocycles. The number of hydrogen-bond donors (Lipinski definition) is 1. The van der Waals surface area contributed by atoms with Gasteiger partial charge in [0.05, 0.1) is 0 Å². The molecule has 2 N–H and O–H groups in total. The van der Waals surface area contributed by atoms with Gasteiger partial charge in [0, 0.05) is 5.92 Å². The van der Waals surface area contributed by atoms with E-state index in [1.807, 2.05) is 6.07 Å². The molecule has 0 aliphatic heterocycles. The lowest BCUT2D eigenvalue weighted by atomic mass is 10.0. The molecule has 0 atom stereocenters. The van der Waals surface area contributed by atoms with E-state index in [2.05, 4.69) is 32.7 Å². The summed E-state index contributed by atoms with van der Waals surface area (Å²) in [6.45, 7) is 8.68. The third-order valence-corrected chi connectivity index (χ3v) is 4.04. The first-order valence-corrected chi connectivity index (χ1v) is 4.98. The molecule has 0 aromatic carbocycles. The van der Waals surface area contributed by atoms with Crippen molar-refractivity contribution in [3.05, 3.63) is 11.6 Å². The second kappa shape index (κ2) is 2.54. The Hall–Kier alpha value is -1.50. The number of anilines is 1. The van der Waals surface area contributed by atoms with Gasteiger partial charge in [0.1, 0.15) is 6.07 Å². The van der Waals surface area contributed by atoms with Crippen molar-refractivity contribution < 1.29 is 4.42 Å². The quantitative estimate of drug-likeness (QED) is 0.763. The lowest BCUT2D eigenvalue weighted by Crippen LogP contribution is -1.95. The topological polar surface area (TPSA) is 75.8 Å². The summed E-state index contributed by atoms with van der Waals surface area (Å²) in [5.41, 5.74) is 6.04. The molecule has 15 heavy (non-hydrogen) atoms. The molecule has 0 unspecified atom stereocenters. The summed E-state index contributed by atoms with van der Waals surface area (Å²) in [4.78, 5) is 4.13. The monoisotopic (exact) mass is 205 g/mol. The standard InChI is InChI=1S/C11H15N3O/c1-10(2)7(11(10,3)4)9-14-6(5-12)8(13)15-9/h7H,13H2,1-4H3. The van der Waals surface area contributed by atoms with Crippen LogP contribution < -0.4 is 5.73 Å². The van der Waals surface area contributed by atoms with Crippen molar-refractivity contribution in [1.29, 1.82) is 5.26 Å². The van der Waals surface area contributed by atoms with Gasteiger partial charge in [-0.2, -0.15) is 5.26 Å². The fourth-order valence-electron chi connectivity index (χ4n) is 2.37. The minimum atomic E-state index is 0.131. The smallest absolute Gasteiger partial charge is 0.229 e. The van der Waals surface area contributed by atoms with Crippen molar-refractivity contribution in [2.24, 2.45) is 10.8 Å². The van der Waals surface area contributed by atoms with Crippen molar-refractivity contribution in [1.82, 2.24) is 4.98 Å². The molecule has 0 amide bonds. The number of hydrogen-bond acceptors (Lipinski definition) is 4. The van der Waals surface area contributed by atoms with E-state index in [1.54, 1.807) is 0 Å². The number of oxazole rings is 1. The summed E-state index contributed by atoms with van der Waals surface area (Å²) in [6, 6.07) is 1.92. The molecular weight excluding hydrogens is 190 g/mol. The second-order valence-corrected chi connectivity index (χ2v) is 5.25. The molecular formula is C11H15N3O. The predicted octanol–water partition coefficient (Wildman–Crippen LogP) is 2.28. The van der Waals surface area contributed by atoms with Crippen LogP contribution in [-0.2, 0) is 0 Å². The van der Waals surface area contributed by atoms with Gasteiger partial charge in [-0.25, -0.2) is 4.98 Å². The normalized spacial score (nSPS) is 22.3. The lowest BCUT2D eigenvalue weighted by Gasteiger charge is -2.03. The SMILES string of the molecule is CC1(C)C(c2nc(C#N)c(N)o2)C1(C)C. The van der Waals surface area contributed by atoms with Crippen molar-refractivity contribution in [3.63, 3.8) is 0 Å². The van der Waals surface area contributed by atoms with Crippen LogP contribution in [0.2, 0.25) is 0 Å². The van der Waals surface area contributed by atoms with Crippen LogP contribution in [0.3, 0.4) is 0 Å². The maximum Gasteiger partial charge on any atom is 0.229 e. The van der Waals surface area contributed by atoms with Crippen LogP contribution in [0.1, 0.15) is 45.2 Å². The van der Waals surface area contributed by atoms with E-state index in [4.69, 9.17) is 15.4 Å². The van der Waals surface area contributed by atoms with Gasteiger partial charge in [-0.15, -0.1) is 0 Å². The van der Waals surface area contributed by atoms with Gasteiger partial charge in [-0.1, -0.05) is 27.7 Å². The molecule has 4 heteroatoms. The van der Waals surface area contributed by atoms with Crippen molar-refractivity contribution in [2.45, 2.75) is 33.6 Å². The van der Waals surface area contributed by atoms with Gasteiger partial charge in [0.25, 0.3) is 0 Å². The fraction of sp³-hybridized carbons (Fsp3) is 0.636. The van der Waals surface area contributed by atoms with Gasteiger partial charge in [-0.05, 0) is 10.8 Å². The van der Waals surface area contributed by atoms with Crippen LogP contribution in [0.5, 0.6) is 0 Å².